The quantitative estimate of drug-likeness (QED) is 0.371. The van der Waals surface area contributed by atoms with Gasteiger partial charge in [-0.25, -0.2) is 8.42 Å². The Morgan fingerprint density at radius 2 is 1.74 bits per heavy atom. The molecule has 9 heteroatoms. The summed E-state index contributed by atoms with van der Waals surface area (Å²) in [6, 6.07) is 12.0. The maximum atomic E-state index is 11.4. The van der Waals surface area contributed by atoms with E-state index in [0.717, 1.165) is 31.9 Å². The van der Waals surface area contributed by atoms with Crippen LogP contribution in [0, 0.1) is 0 Å². The van der Waals surface area contributed by atoms with Crippen LogP contribution in [0.15, 0.2) is 42.5 Å². The molecule has 0 bridgehead atoms. The van der Waals surface area contributed by atoms with Gasteiger partial charge in [0.25, 0.3) is 0 Å². The second kappa shape index (κ2) is 10.2. The highest BCUT2D eigenvalue weighted by molar-refractivity contribution is 7.92. The van der Waals surface area contributed by atoms with Crippen molar-refractivity contribution in [2.75, 3.05) is 24.1 Å². The van der Waals surface area contributed by atoms with E-state index in [0.29, 0.717) is 24.3 Å². The van der Waals surface area contributed by atoms with Gasteiger partial charge in [-0.05, 0) is 61.4 Å². The molecule has 5 N–H and O–H groups in total. The van der Waals surface area contributed by atoms with E-state index >= 15 is 0 Å². The molecule has 1 saturated carbocycles. The third-order valence-corrected chi connectivity index (χ3v) is 6.03. The summed E-state index contributed by atoms with van der Waals surface area (Å²) < 4.78 is 30.5. The van der Waals surface area contributed by atoms with Gasteiger partial charge in [0.15, 0.2) is 0 Å². The molecule has 0 amide bonds. The molecule has 0 aromatic heterocycles. The molecule has 2 aromatic carbocycles. The number of sulfonamides is 1. The van der Waals surface area contributed by atoms with Crippen molar-refractivity contribution >= 4 is 15.7 Å². The van der Waals surface area contributed by atoms with Crippen molar-refractivity contribution in [3.05, 3.63) is 48.0 Å². The number of ether oxygens (including phenoxy) is 1. The largest absolute Gasteiger partial charge is 0.508 e. The highest BCUT2D eigenvalue weighted by Crippen LogP contribution is 2.33. The topological polar surface area (TPSA) is 128 Å². The lowest BCUT2D eigenvalue weighted by Gasteiger charge is -2.30. The van der Waals surface area contributed by atoms with E-state index in [1.165, 1.54) is 23.8 Å². The number of phenols is 2. The summed E-state index contributed by atoms with van der Waals surface area (Å²) in [5, 5.41) is 32.8. The zero-order chi connectivity index (χ0) is 22.4. The second-order valence-corrected chi connectivity index (χ2v) is 9.81. The second-order valence-electron chi connectivity index (χ2n) is 8.07. The molecule has 3 rings (SSSR count). The first-order valence-corrected chi connectivity index (χ1v) is 12.2. The fourth-order valence-electron chi connectivity index (χ4n) is 3.82. The third-order valence-electron chi connectivity index (χ3n) is 5.44. The minimum atomic E-state index is -3.53. The van der Waals surface area contributed by atoms with Gasteiger partial charge < -0.3 is 25.4 Å². The molecule has 1 aliphatic carbocycles. The van der Waals surface area contributed by atoms with Crippen molar-refractivity contribution < 1.29 is 28.5 Å². The number of hydrogen-bond acceptors (Lipinski definition) is 7. The molecule has 0 saturated heterocycles. The molecule has 0 unspecified atom stereocenters. The summed E-state index contributed by atoms with van der Waals surface area (Å²) >= 11 is 0. The van der Waals surface area contributed by atoms with E-state index in [1.54, 1.807) is 12.1 Å². The molecule has 8 nitrogen and oxygen atoms in total. The number of nitrogens with one attached hydrogen (secondary N) is 2. The lowest BCUT2D eigenvalue weighted by atomic mass is 9.81. The van der Waals surface area contributed by atoms with Crippen LogP contribution in [0.2, 0.25) is 0 Å². The first-order valence-electron chi connectivity index (χ1n) is 10.3. The Bertz CT molecular complexity index is 956. The van der Waals surface area contributed by atoms with Gasteiger partial charge in [0, 0.05) is 18.7 Å². The first kappa shape index (κ1) is 23.2. The number of anilines is 1. The molecule has 1 fully saturated rings. The number of phenolic OH excluding ortho intramolecular Hbond substituents is 2. The average Bonchev–Trinajstić information content (AvgIpc) is 2.73. The van der Waals surface area contributed by atoms with Crippen molar-refractivity contribution in [2.24, 2.45) is 0 Å². The molecular weight excluding hydrogens is 420 g/mol. The minimum absolute atomic E-state index is 0.0259. The Labute approximate surface area is 182 Å². The fraction of sp³-hybridized carbons (Fsp3) is 0.455. The monoisotopic (exact) mass is 450 g/mol. The molecule has 0 radical (unpaired) electrons. The molecule has 170 valence electrons. The van der Waals surface area contributed by atoms with E-state index < -0.39 is 16.1 Å². The van der Waals surface area contributed by atoms with Crippen LogP contribution in [0.5, 0.6) is 17.2 Å². The summed E-state index contributed by atoms with van der Waals surface area (Å²) in [7, 11) is -3.53. The van der Waals surface area contributed by atoms with Gasteiger partial charge >= 0.3 is 0 Å². The molecule has 0 heterocycles. The first-order chi connectivity index (χ1) is 14.7. The van der Waals surface area contributed by atoms with Crippen molar-refractivity contribution in [1.29, 1.82) is 0 Å². The molecule has 2 aromatic rings. The van der Waals surface area contributed by atoms with Crippen LogP contribution in [0.25, 0.3) is 0 Å². The number of rotatable bonds is 9. The van der Waals surface area contributed by atoms with Crippen molar-refractivity contribution in [1.82, 2.24) is 5.32 Å². The van der Waals surface area contributed by atoms with Crippen LogP contribution in [0.3, 0.4) is 0 Å². The summed E-state index contributed by atoms with van der Waals surface area (Å²) in [6.07, 6.45) is 4.40. The van der Waals surface area contributed by atoms with Crippen LogP contribution < -0.4 is 14.8 Å². The predicted molar refractivity (Wildman–Crippen MR) is 119 cm³/mol. The molecule has 1 aliphatic rings. The Morgan fingerprint density at radius 1 is 1.06 bits per heavy atom. The van der Waals surface area contributed by atoms with Crippen LogP contribution in [-0.2, 0) is 10.0 Å². The van der Waals surface area contributed by atoms with E-state index in [9.17, 15) is 23.7 Å². The number of aliphatic hydroxyl groups excluding tert-OH is 1. The van der Waals surface area contributed by atoms with Crippen LogP contribution >= 0.6 is 0 Å². The number of hydrogen-bond donors (Lipinski definition) is 5. The predicted octanol–water partition coefficient (Wildman–Crippen LogP) is 2.53. The van der Waals surface area contributed by atoms with E-state index in [2.05, 4.69) is 10.0 Å². The smallest absolute Gasteiger partial charge is 0.229 e. The van der Waals surface area contributed by atoms with E-state index in [1.807, 2.05) is 12.1 Å². The lowest BCUT2D eigenvalue weighted by Crippen LogP contribution is -2.39. The van der Waals surface area contributed by atoms with Crippen molar-refractivity contribution in [3.8, 4) is 17.2 Å². The minimum Gasteiger partial charge on any atom is -0.508 e. The molecule has 1 atom stereocenters. The Kier molecular flexibility index (Phi) is 7.64. The summed E-state index contributed by atoms with van der Waals surface area (Å²) in [5.74, 6) is 0.918. The Balaban J connectivity index is 1.40. The molecular formula is C22H30N2O6S. The highest BCUT2D eigenvalue weighted by Gasteiger charge is 2.22. The maximum Gasteiger partial charge on any atom is 0.229 e. The number of aliphatic hydroxyl groups is 1. The SMILES string of the molecule is CS(=O)(=O)Nc1cc(OC[C@@H](O)CN[C@H]2CC[C@H](c3ccc(O)cc3)CC2)ccc1O. The Hall–Kier alpha value is -2.49. The normalized spacial score (nSPS) is 20.2. The van der Waals surface area contributed by atoms with Crippen molar-refractivity contribution in [3.63, 3.8) is 0 Å². The maximum absolute atomic E-state index is 11.4. The van der Waals surface area contributed by atoms with Crippen LogP contribution in [0.4, 0.5) is 5.69 Å². The van der Waals surface area contributed by atoms with Gasteiger partial charge in [0.05, 0.1) is 11.9 Å². The third kappa shape index (κ3) is 7.30. The van der Waals surface area contributed by atoms with Crippen LogP contribution in [-0.4, -0.2) is 55.3 Å². The number of aromatic hydroxyl groups is 2. The lowest BCUT2D eigenvalue weighted by molar-refractivity contribution is 0.101. The Morgan fingerprint density at radius 3 is 2.39 bits per heavy atom. The van der Waals surface area contributed by atoms with Gasteiger partial charge in [0.1, 0.15) is 30.0 Å². The van der Waals surface area contributed by atoms with Gasteiger partial charge in [-0.2, -0.15) is 0 Å². The zero-order valence-corrected chi connectivity index (χ0v) is 18.3. The number of benzene rings is 2. The van der Waals surface area contributed by atoms with Gasteiger partial charge in [-0.3, -0.25) is 4.72 Å². The standard InChI is InChI=1S/C22H30N2O6S/c1-31(28,29)24-21-12-20(10-11-22(21)27)30-14-19(26)13-23-17-6-2-15(3-7-17)16-4-8-18(25)9-5-16/h4-5,8-12,15,17,19,23-27H,2-3,6-7,13-14H2,1H3/t15-,17-,19-/m0/s1. The fourth-order valence-corrected chi connectivity index (χ4v) is 4.38. The van der Waals surface area contributed by atoms with Gasteiger partial charge in [0.2, 0.25) is 10.0 Å². The average molecular weight is 451 g/mol. The molecule has 0 spiro atoms. The summed E-state index contributed by atoms with van der Waals surface area (Å²) in [4.78, 5) is 0. The van der Waals surface area contributed by atoms with E-state index in [4.69, 9.17) is 4.74 Å². The zero-order valence-electron chi connectivity index (χ0n) is 17.5. The summed E-state index contributed by atoms with van der Waals surface area (Å²) in [5.41, 5.74) is 1.28. The van der Waals surface area contributed by atoms with Crippen LogP contribution in [0.1, 0.15) is 37.2 Å². The van der Waals surface area contributed by atoms with Crippen molar-refractivity contribution in [2.45, 2.75) is 43.7 Å². The summed E-state index contributed by atoms with van der Waals surface area (Å²) in [6.45, 7) is 0.431. The molecule has 31 heavy (non-hydrogen) atoms. The van der Waals surface area contributed by atoms with Gasteiger partial charge in [-0.1, -0.05) is 12.1 Å². The highest BCUT2D eigenvalue weighted by atomic mass is 32.2. The molecule has 0 aliphatic heterocycles. The van der Waals surface area contributed by atoms with E-state index in [-0.39, 0.29) is 23.8 Å². The van der Waals surface area contributed by atoms with Gasteiger partial charge in [-0.15, -0.1) is 0 Å².